The summed E-state index contributed by atoms with van der Waals surface area (Å²) in [6, 6.07) is 5.44. The number of fused-ring (bicyclic) bond motifs is 1. The van der Waals surface area contributed by atoms with Gasteiger partial charge in [0.05, 0.1) is 34.2 Å². The number of hydrogen-bond acceptors (Lipinski definition) is 7. The highest BCUT2D eigenvalue weighted by atomic mass is 16.5. The largest absolute Gasteiger partial charge is 0.493 e. The summed E-state index contributed by atoms with van der Waals surface area (Å²) in [4.78, 5) is 45.2. The molecule has 1 aromatic carbocycles. The third-order valence-electron chi connectivity index (χ3n) is 6.71. The van der Waals surface area contributed by atoms with E-state index in [1.807, 2.05) is 6.07 Å². The molecule has 10 nitrogen and oxygen atoms in total. The molecular formula is C24H30N4O6. The molecule has 2 amide bonds. The number of hydrogen-bond donors (Lipinski definition) is 1. The number of nitrogens with zero attached hydrogens (tertiary/aromatic N) is 3. The summed E-state index contributed by atoms with van der Waals surface area (Å²) in [5.74, 6) is -0.326. The first kappa shape index (κ1) is 23.6. The molecule has 0 radical (unpaired) electrons. The van der Waals surface area contributed by atoms with Crippen LogP contribution in [0.1, 0.15) is 59.1 Å². The number of aromatic nitrogens is 2. The van der Waals surface area contributed by atoms with E-state index in [1.54, 1.807) is 30.7 Å². The van der Waals surface area contributed by atoms with Gasteiger partial charge in [0, 0.05) is 12.6 Å². The fourth-order valence-electron chi connectivity index (χ4n) is 4.75. The Labute approximate surface area is 198 Å². The van der Waals surface area contributed by atoms with Crippen LogP contribution in [0, 0.1) is 0 Å². The lowest BCUT2D eigenvalue weighted by atomic mass is 9.93. The van der Waals surface area contributed by atoms with E-state index in [0.717, 1.165) is 31.2 Å². The monoisotopic (exact) mass is 470 g/mol. The predicted octanol–water partition coefficient (Wildman–Crippen LogP) is 2.16. The highest BCUT2D eigenvalue weighted by molar-refractivity contribution is 6.06. The summed E-state index contributed by atoms with van der Waals surface area (Å²) < 4.78 is 17.1. The molecule has 182 valence electrons. The maximum atomic E-state index is 13.8. The van der Waals surface area contributed by atoms with Crippen LogP contribution in [0.4, 0.5) is 0 Å². The van der Waals surface area contributed by atoms with Crippen molar-refractivity contribution in [3.63, 3.8) is 0 Å². The van der Waals surface area contributed by atoms with Crippen LogP contribution in [-0.2, 0) is 22.6 Å². The molecule has 0 spiro atoms. The van der Waals surface area contributed by atoms with Gasteiger partial charge in [0.2, 0.25) is 5.91 Å². The second-order valence-corrected chi connectivity index (χ2v) is 8.87. The lowest BCUT2D eigenvalue weighted by molar-refractivity contribution is -0.134. The van der Waals surface area contributed by atoms with E-state index in [4.69, 9.17) is 14.2 Å². The summed E-state index contributed by atoms with van der Waals surface area (Å²) in [5, 5.41) is 3.13. The minimum Gasteiger partial charge on any atom is -0.493 e. The van der Waals surface area contributed by atoms with Crippen molar-refractivity contribution in [2.45, 2.75) is 57.3 Å². The molecule has 34 heavy (non-hydrogen) atoms. The van der Waals surface area contributed by atoms with Crippen molar-refractivity contribution in [2.75, 3.05) is 21.3 Å². The van der Waals surface area contributed by atoms with Crippen LogP contribution in [0.15, 0.2) is 24.5 Å². The first-order chi connectivity index (χ1) is 16.3. The second-order valence-electron chi connectivity index (χ2n) is 8.87. The Morgan fingerprint density at radius 2 is 1.85 bits per heavy atom. The molecule has 2 aliphatic rings. The topological polar surface area (TPSA) is 112 Å². The number of carbonyl (C=O) groups is 3. The zero-order chi connectivity index (χ0) is 24.5. The maximum absolute atomic E-state index is 13.8. The Bertz CT molecular complexity index is 1110. The van der Waals surface area contributed by atoms with Crippen molar-refractivity contribution in [2.24, 2.45) is 0 Å². The Hall–Kier alpha value is -3.56. The number of rotatable bonds is 7. The number of ether oxygens (including phenoxy) is 3. The Morgan fingerprint density at radius 3 is 2.50 bits per heavy atom. The van der Waals surface area contributed by atoms with Gasteiger partial charge in [-0.3, -0.25) is 9.59 Å². The Balaban J connectivity index is 1.74. The van der Waals surface area contributed by atoms with Crippen molar-refractivity contribution >= 4 is 17.8 Å². The number of carbonyl (C=O) groups excluding carboxylic acids is 3. The van der Waals surface area contributed by atoms with Gasteiger partial charge in [-0.15, -0.1) is 0 Å². The van der Waals surface area contributed by atoms with Gasteiger partial charge in [-0.2, -0.15) is 0 Å². The number of amides is 2. The average molecular weight is 471 g/mol. The highest BCUT2D eigenvalue weighted by Gasteiger charge is 2.49. The number of benzene rings is 1. The number of esters is 1. The molecule has 10 heteroatoms. The van der Waals surface area contributed by atoms with Crippen molar-refractivity contribution in [3.8, 4) is 11.5 Å². The predicted molar refractivity (Wildman–Crippen MR) is 122 cm³/mol. The van der Waals surface area contributed by atoms with Gasteiger partial charge >= 0.3 is 5.97 Å². The van der Waals surface area contributed by atoms with E-state index < -0.39 is 17.4 Å². The summed E-state index contributed by atoms with van der Waals surface area (Å²) in [5.41, 5.74) is -0.409. The molecule has 0 unspecified atom stereocenters. The zero-order valence-electron chi connectivity index (χ0n) is 19.9. The number of nitrogens with one attached hydrogen (secondary N) is 1. The van der Waals surface area contributed by atoms with Gasteiger partial charge < -0.3 is 29.0 Å². The average Bonchev–Trinajstić information content (AvgIpc) is 3.51. The summed E-state index contributed by atoms with van der Waals surface area (Å²) in [7, 11) is 4.32. The lowest BCUT2D eigenvalue weighted by Gasteiger charge is -2.44. The van der Waals surface area contributed by atoms with Gasteiger partial charge in [0.1, 0.15) is 11.2 Å². The number of methoxy groups -OCH3 is 3. The smallest absolute Gasteiger partial charge is 0.359 e. The third-order valence-corrected chi connectivity index (χ3v) is 6.71. The molecule has 2 heterocycles. The van der Waals surface area contributed by atoms with Crippen LogP contribution in [0.25, 0.3) is 0 Å². The van der Waals surface area contributed by atoms with Crippen LogP contribution < -0.4 is 14.8 Å². The molecular weight excluding hydrogens is 440 g/mol. The fourth-order valence-corrected chi connectivity index (χ4v) is 4.75. The molecule has 1 fully saturated rings. The fraction of sp³-hybridized carbons (Fsp3) is 0.500. The van der Waals surface area contributed by atoms with E-state index >= 15 is 0 Å². The summed E-state index contributed by atoms with van der Waals surface area (Å²) in [6.45, 7) is 2.03. The molecule has 1 saturated carbocycles. The van der Waals surface area contributed by atoms with Gasteiger partial charge in [0.15, 0.2) is 17.2 Å². The normalized spacial score (nSPS) is 20.1. The van der Waals surface area contributed by atoms with Crippen LogP contribution in [0.2, 0.25) is 0 Å². The molecule has 1 aliphatic carbocycles. The van der Waals surface area contributed by atoms with Crippen molar-refractivity contribution in [3.05, 3.63) is 41.5 Å². The van der Waals surface area contributed by atoms with Crippen molar-refractivity contribution in [1.82, 2.24) is 19.8 Å². The Morgan fingerprint density at radius 1 is 1.15 bits per heavy atom. The minimum atomic E-state index is -1.20. The summed E-state index contributed by atoms with van der Waals surface area (Å²) >= 11 is 0. The molecule has 1 N–H and O–H groups in total. The van der Waals surface area contributed by atoms with Crippen LogP contribution in [-0.4, -0.2) is 65.1 Å². The molecule has 1 aliphatic heterocycles. The van der Waals surface area contributed by atoms with Gasteiger partial charge in [-0.1, -0.05) is 18.9 Å². The SMILES string of the molecule is COC(=O)c1ncn2c1C(=O)N(Cc1ccc(OC)c(OC)c1)[C@](C)(C(=O)NC1CCCC1)C2. The third kappa shape index (κ3) is 4.08. The zero-order valence-corrected chi connectivity index (χ0v) is 19.9. The van der Waals surface area contributed by atoms with E-state index in [9.17, 15) is 14.4 Å². The van der Waals surface area contributed by atoms with E-state index in [0.29, 0.717) is 11.5 Å². The van der Waals surface area contributed by atoms with E-state index in [-0.39, 0.29) is 36.4 Å². The first-order valence-electron chi connectivity index (χ1n) is 11.3. The van der Waals surface area contributed by atoms with Crippen LogP contribution in [0.3, 0.4) is 0 Å². The molecule has 4 rings (SSSR count). The minimum absolute atomic E-state index is 0.0666. The molecule has 2 aromatic rings. The molecule has 0 bridgehead atoms. The number of imidazole rings is 1. The van der Waals surface area contributed by atoms with Crippen molar-refractivity contribution < 1.29 is 28.6 Å². The molecule has 1 atom stereocenters. The van der Waals surface area contributed by atoms with Crippen LogP contribution in [0.5, 0.6) is 11.5 Å². The van der Waals surface area contributed by atoms with E-state index in [2.05, 4.69) is 10.3 Å². The Kier molecular flexibility index (Phi) is 6.49. The van der Waals surface area contributed by atoms with E-state index in [1.165, 1.54) is 25.4 Å². The maximum Gasteiger partial charge on any atom is 0.359 e. The van der Waals surface area contributed by atoms with Gasteiger partial charge in [-0.25, -0.2) is 9.78 Å². The molecule has 1 aromatic heterocycles. The second kappa shape index (κ2) is 9.36. The van der Waals surface area contributed by atoms with Crippen molar-refractivity contribution in [1.29, 1.82) is 0 Å². The van der Waals surface area contributed by atoms with Crippen LogP contribution >= 0.6 is 0 Å². The standard InChI is InChI=1S/C24H30N4O6/c1-24(23(31)26-16-7-5-6-8-16)13-27-14-25-19(22(30)34-4)20(27)21(29)28(24)12-15-9-10-17(32-2)18(11-15)33-3/h9-11,14,16H,5-8,12-13H2,1-4H3,(H,26,31)/t24-/m0/s1. The van der Waals surface area contributed by atoms with Gasteiger partial charge in [-0.05, 0) is 37.5 Å². The lowest BCUT2D eigenvalue weighted by Crippen LogP contribution is -2.64. The molecule has 0 saturated heterocycles. The summed E-state index contributed by atoms with van der Waals surface area (Å²) in [6.07, 6.45) is 5.41. The quantitative estimate of drug-likeness (QED) is 0.617. The first-order valence-corrected chi connectivity index (χ1v) is 11.3. The highest BCUT2D eigenvalue weighted by Crippen LogP contribution is 2.34. The van der Waals surface area contributed by atoms with Gasteiger partial charge in [0.25, 0.3) is 5.91 Å².